The van der Waals surface area contributed by atoms with Gasteiger partial charge in [0.2, 0.25) is 5.91 Å². The highest BCUT2D eigenvalue weighted by atomic mass is 16.4. The number of amides is 1. The molecule has 0 saturated carbocycles. The standard InChI is InChI=1S/C16H25N5O3/c17-16(18)20-9-4-7-13(15(23)24)21-14(22)8-10-19-11-12-5-2-1-3-6-12/h1-3,5-6,13,19H,4,7-11H2,(H,21,22)(H,23,24)(H4,17,18,20)/t13-/m0/s1/i/hD. The summed E-state index contributed by atoms with van der Waals surface area (Å²) in [7, 11) is 0. The number of carboxylic acid groups (broad SMARTS) is 1. The number of hydrogen-bond acceptors (Lipinski definition) is 4. The van der Waals surface area contributed by atoms with Gasteiger partial charge in [0.15, 0.2) is 5.96 Å². The first-order chi connectivity index (χ1) is 11.9. The zero-order valence-corrected chi connectivity index (χ0v) is 13.5. The zero-order chi connectivity index (χ0) is 18.7. The van der Waals surface area contributed by atoms with Gasteiger partial charge in [-0.1, -0.05) is 30.3 Å². The van der Waals surface area contributed by atoms with Crippen LogP contribution in [0.1, 0.15) is 24.8 Å². The number of hydrogen-bond donors (Lipinski definition) is 5. The summed E-state index contributed by atoms with van der Waals surface area (Å²) >= 11 is 0. The first-order valence-electron chi connectivity index (χ1n) is 8.18. The maximum absolute atomic E-state index is 11.9. The largest absolute Gasteiger partial charge is 0.480 e. The summed E-state index contributed by atoms with van der Waals surface area (Å²) in [5, 5.41) is 12.9. The second-order valence-electron chi connectivity index (χ2n) is 5.25. The van der Waals surface area contributed by atoms with Crippen LogP contribution in [0, 0.1) is 0 Å². The Hall–Kier alpha value is -2.61. The normalized spacial score (nSPS) is 12.3. The van der Waals surface area contributed by atoms with Gasteiger partial charge in [-0.3, -0.25) is 9.79 Å². The molecule has 0 saturated heterocycles. The van der Waals surface area contributed by atoms with Gasteiger partial charge in [-0.2, -0.15) is 0 Å². The summed E-state index contributed by atoms with van der Waals surface area (Å²) in [5.41, 5.74) is 11.4. The first-order valence-corrected chi connectivity index (χ1v) is 7.73. The number of nitrogens with two attached hydrogens (primary N) is 2. The van der Waals surface area contributed by atoms with Gasteiger partial charge in [-0.25, -0.2) is 4.79 Å². The Balaban J connectivity index is 2.34. The highest BCUT2D eigenvalue weighted by Gasteiger charge is 2.18. The Bertz CT molecular complexity index is 578. The molecule has 1 atom stereocenters. The van der Waals surface area contributed by atoms with E-state index in [0.717, 1.165) is 5.56 Å². The topological polar surface area (TPSA) is 143 Å². The lowest BCUT2D eigenvalue weighted by Crippen LogP contribution is -2.41. The summed E-state index contributed by atoms with van der Waals surface area (Å²) in [4.78, 5) is 26.9. The van der Waals surface area contributed by atoms with Crippen LogP contribution in [0.2, 0.25) is 1.41 Å². The van der Waals surface area contributed by atoms with Gasteiger partial charge in [-0.15, -0.1) is 0 Å². The molecule has 1 aromatic carbocycles. The second kappa shape index (κ2) is 11.0. The average Bonchev–Trinajstić information content (AvgIpc) is 2.56. The lowest BCUT2D eigenvalue weighted by Gasteiger charge is -2.14. The van der Waals surface area contributed by atoms with Crippen molar-refractivity contribution >= 4 is 17.8 Å². The molecule has 0 heterocycles. The van der Waals surface area contributed by atoms with Crippen LogP contribution < -0.4 is 22.1 Å². The second-order valence-corrected chi connectivity index (χ2v) is 5.25. The Morgan fingerprint density at radius 1 is 1.29 bits per heavy atom. The highest BCUT2D eigenvalue weighted by molar-refractivity contribution is 5.83. The quantitative estimate of drug-likeness (QED) is 0.215. The Morgan fingerprint density at radius 3 is 2.62 bits per heavy atom. The highest BCUT2D eigenvalue weighted by Crippen LogP contribution is 2.00. The molecule has 24 heavy (non-hydrogen) atoms. The van der Waals surface area contributed by atoms with Crippen molar-refractivity contribution in [3.8, 4) is 0 Å². The third-order valence-corrected chi connectivity index (χ3v) is 3.21. The maximum Gasteiger partial charge on any atom is 0.326 e. The first kappa shape index (κ1) is 17.7. The molecule has 0 aliphatic carbocycles. The molecule has 0 unspecified atom stereocenters. The molecule has 0 aromatic heterocycles. The molecule has 0 spiro atoms. The summed E-state index contributed by atoms with van der Waals surface area (Å²) in [6.45, 7) is 0.912. The zero-order valence-electron chi connectivity index (χ0n) is 14.5. The van der Waals surface area contributed by atoms with Crippen molar-refractivity contribution in [2.24, 2.45) is 16.5 Å². The van der Waals surface area contributed by atoms with Gasteiger partial charge in [0.1, 0.15) is 7.45 Å². The molecular weight excluding hydrogens is 310 g/mol. The van der Waals surface area contributed by atoms with E-state index in [1.807, 2.05) is 30.3 Å². The van der Waals surface area contributed by atoms with E-state index in [2.05, 4.69) is 10.3 Å². The number of rotatable bonds is 11. The number of carbonyl (C=O) groups excluding carboxylic acids is 1. The van der Waals surface area contributed by atoms with E-state index in [4.69, 9.17) is 18.0 Å². The SMILES string of the molecule is [2H]N(CCC(=O)N[C@@H](CCCN=C(N)N)C(=O)O)Cc1ccccc1. The summed E-state index contributed by atoms with van der Waals surface area (Å²) < 4.78 is 7.84. The third kappa shape index (κ3) is 8.74. The van der Waals surface area contributed by atoms with Gasteiger partial charge in [0.05, 0.1) is 0 Å². The molecule has 0 radical (unpaired) electrons. The van der Waals surface area contributed by atoms with E-state index in [-0.39, 0.29) is 25.3 Å². The fraction of sp³-hybridized carbons (Fsp3) is 0.438. The molecule has 7 N–H and O–H groups in total. The number of carboxylic acids is 1. The predicted molar refractivity (Wildman–Crippen MR) is 92.2 cm³/mol. The van der Waals surface area contributed by atoms with Crippen LogP contribution in [0.25, 0.3) is 0 Å². The summed E-state index contributed by atoms with van der Waals surface area (Å²) in [6.07, 6.45) is 0.716. The predicted octanol–water partition coefficient (Wildman–Crippen LogP) is -0.211. The van der Waals surface area contributed by atoms with E-state index in [0.29, 0.717) is 19.5 Å². The number of nitrogens with zero attached hydrogens (tertiary/aromatic N) is 1. The van der Waals surface area contributed by atoms with Gasteiger partial charge < -0.3 is 27.2 Å². The Morgan fingerprint density at radius 2 is 2.00 bits per heavy atom. The molecule has 8 nitrogen and oxygen atoms in total. The van der Waals surface area contributed by atoms with Gasteiger partial charge in [0.25, 0.3) is 0 Å². The van der Waals surface area contributed by atoms with Crippen molar-refractivity contribution in [1.82, 2.24) is 10.6 Å². The minimum atomic E-state index is -1.11. The molecular formula is C16H25N5O3. The molecule has 1 rings (SSSR count). The van der Waals surface area contributed by atoms with Crippen molar-refractivity contribution in [2.75, 3.05) is 13.1 Å². The smallest absolute Gasteiger partial charge is 0.326 e. The fourth-order valence-corrected chi connectivity index (χ4v) is 2.00. The summed E-state index contributed by atoms with van der Waals surface area (Å²) in [6, 6.07) is 8.47. The van der Waals surface area contributed by atoms with Crippen LogP contribution in [-0.4, -0.2) is 42.1 Å². The van der Waals surface area contributed by atoms with Crippen molar-refractivity contribution < 1.29 is 16.1 Å². The Kier molecular flexibility index (Phi) is 8.14. The minimum absolute atomic E-state index is 0.0496. The van der Waals surface area contributed by atoms with E-state index in [1.54, 1.807) is 0 Å². The lowest BCUT2D eigenvalue weighted by atomic mass is 10.1. The maximum atomic E-state index is 11.9. The van der Waals surface area contributed by atoms with Crippen LogP contribution in [0.4, 0.5) is 0 Å². The summed E-state index contributed by atoms with van der Waals surface area (Å²) in [5.74, 6) is -1.56. The van der Waals surface area contributed by atoms with Crippen molar-refractivity contribution in [2.45, 2.75) is 31.8 Å². The van der Waals surface area contributed by atoms with Gasteiger partial charge >= 0.3 is 5.97 Å². The van der Waals surface area contributed by atoms with Crippen LogP contribution in [0.5, 0.6) is 0 Å². The molecule has 0 fully saturated rings. The molecule has 1 amide bonds. The molecule has 0 aliphatic rings. The number of aliphatic carboxylic acids is 1. The van der Waals surface area contributed by atoms with Gasteiger partial charge in [-0.05, 0) is 18.4 Å². The number of aliphatic imine (C=N–C) groups is 1. The molecule has 132 valence electrons. The monoisotopic (exact) mass is 336 g/mol. The van der Waals surface area contributed by atoms with Crippen molar-refractivity contribution in [1.29, 1.82) is 0 Å². The van der Waals surface area contributed by atoms with Crippen LogP contribution in [-0.2, 0) is 16.1 Å². The Labute approximate surface area is 142 Å². The van der Waals surface area contributed by atoms with E-state index >= 15 is 0 Å². The number of nitrogens with one attached hydrogen (secondary N) is 2. The molecule has 8 heteroatoms. The van der Waals surface area contributed by atoms with Crippen molar-refractivity contribution in [3.63, 3.8) is 0 Å². The van der Waals surface area contributed by atoms with Crippen LogP contribution >= 0.6 is 0 Å². The third-order valence-electron chi connectivity index (χ3n) is 3.21. The average molecular weight is 336 g/mol. The number of carbonyl (C=O) groups is 2. The minimum Gasteiger partial charge on any atom is -0.480 e. The molecule has 0 bridgehead atoms. The molecule has 1 aromatic rings. The fourth-order valence-electron chi connectivity index (χ4n) is 2.00. The number of guanidine groups is 1. The van der Waals surface area contributed by atoms with Crippen LogP contribution in [0.15, 0.2) is 35.3 Å². The number of benzene rings is 1. The lowest BCUT2D eigenvalue weighted by molar-refractivity contribution is -0.142. The van der Waals surface area contributed by atoms with E-state index in [1.165, 1.54) is 5.31 Å². The van der Waals surface area contributed by atoms with Crippen LogP contribution in [0.3, 0.4) is 0 Å². The van der Waals surface area contributed by atoms with E-state index in [9.17, 15) is 9.59 Å². The van der Waals surface area contributed by atoms with Crippen molar-refractivity contribution in [3.05, 3.63) is 35.9 Å². The molecule has 0 aliphatic heterocycles. The van der Waals surface area contributed by atoms with E-state index < -0.39 is 17.9 Å². The van der Waals surface area contributed by atoms with Gasteiger partial charge in [0, 0.05) is 26.1 Å².